The molecule has 2 aromatic rings. The highest BCUT2D eigenvalue weighted by Crippen LogP contribution is 2.26. The molecule has 8 nitrogen and oxygen atoms in total. The van der Waals surface area contributed by atoms with E-state index in [1.54, 1.807) is 0 Å². The Morgan fingerprint density at radius 1 is 0.906 bits per heavy atom. The van der Waals surface area contributed by atoms with Crippen LogP contribution in [-0.4, -0.2) is 49.8 Å². The Hall–Kier alpha value is -1.49. The molecule has 0 bridgehead atoms. The number of ether oxygens (including phenoxy) is 2. The lowest BCUT2D eigenvalue weighted by atomic mass is 10.0. The summed E-state index contributed by atoms with van der Waals surface area (Å²) in [6, 6.07) is 0. The van der Waals surface area contributed by atoms with E-state index in [1.165, 1.54) is 15.3 Å². The molecule has 0 radical (unpaired) electrons. The molecule has 32 heavy (non-hydrogen) atoms. The van der Waals surface area contributed by atoms with Gasteiger partial charge in [0.25, 0.3) is 0 Å². The predicted octanol–water partition coefficient (Wildman–Crippen LogP) is 4.00. The standard InChI is InChI=1S/C22H38N4O4S2/c1-7-23-15-17(27)25(19(23)28)21(3,4)9-11-29-13-14-30-12-10-22(5,6)26-18(31)16-24(8-2)20(26)32/h15-16,27,31H,7-14H2,1-6H3. The second-order valence-electron chi connectivity index (χ2n) is 9.13. The Labute approximate surface area is 201 Å². The van der Waals surface area contributed by atoms with E-state index in [4.69, 9.17) is 21.7 Å². The SMILES string of the molecule is CCn1cc(O)n(C(C)(C)CCOCCOCCC(C)(C)n2c(S)cn(CC)c2=S)c1=O. The Morgan fingerprint density at radius 3 is 1.84 bits per heavy atom. The summed E-state index contributed by atoms with van der Waals surface area (Å²) in [4.78, 5) is 12.4. The summed E-state index contributed by atoms with van der Waals surface area (Å²) in [5.74, 6) is -0.0217. The molecule has 0 saturated heterocycles. The molecule has 0 saturated carbocycles. The number of thiol groups is 1. The van der Waals surface area contributed by atoms with E-state index in [1.807, 2.05) is 31.5 Å². The topological polar surface area (TPSA) is 75.5 Å². The average molecular weight is 487 g/mol. The summed E-state index contributed by atoms with van der Waals surface area (Å²) >= 11 is 10.2. The van der Waals surface area contributed by atoms with E-state index < -0.39 is 5.54 Å². The van der Waals surface area contributed by atoms with Gasteiger partial charge in [-0.2, -0.15) is 0 Å². The van der Waals surface area contributed by atoms with Crippen LogP contribution < -0.4 is 5.69 Å². The first-order chi connectivity index (χ1) is 15.0. The van der Waals surface area contributed by atoms with Crippen LogP contribution in [-0.2, 0) is 33.6 Å². The second-order valence-corrected chi connectivity index (χ2v) is 9.96. The Bertz CT molecular complexity index is 920. The zero-order chi connectivity index (χ0) is 24.1. The van der Waals surface area contributed by atoms with Crippen molar-refractivity contribution >= 4 is 24.8 Å². The van der Waals surface area contributed by atoms with Gasteiger partial charge < -0.3 is 23.7 Å². The number of rotatable bonds is 13. The van der Waals surface area contributed by atoms with Crippen molar-refractivity contribution in [3.05, 3.63) is 27.6 Å². The Balaban J connectivity index is 1.74. The van der Waals surface area contributed by atoms with Gasteiger partial charge in [0.15, 0.2) is 4.77 Å². The maximum Gasteiger partial charge on any atom is 0.331 e. The molecule has 10 heteroatoms. The number of hydrogen-bond donors (Lipinski definition) is 2. The highest BCUT2D eigenvalue weighted by Gasteiger charge is 2.27. The van der Waals surface area contributed by atoms with Crippen LogP contribution in [0.3, 0.4) is 0 Å². The van der Waals surface area contributed by atoms with E-state index in [-0.39, 0.29) is 17.1 Å². The highest BCUT2D eigenvalue weighted by molar-refractivity contribution is 7.80. The zero-order valence-corrected chi connectivity index (χ0v) is 21.8. The molecule has 1 N–H and O–H groups in total. The predicted molar refractivity (Wildman–Crippen MR) is 132 cm³/mol. The van der Waals surface area contributed by atoms with Gasteiger partial charge in [0, 0.05) is 43.6 Å². The first-order valence-corrected chi connectivity index (χ1v) is 12.0. The Kier molecular flexibility index (Phi) is 9.27. The van der Waals surface area contributed by atoms with E-state index in [0.717, 1.165) is 22.8 Å². The molecule has 0 aliphatic rings. The molecular weight excluding hydrogens is 448 g/mol. The fraction of sp³-hybridized carbons (Fsp3) is 0.727. The summed E-state index contributed by atoms with van der Waals surface area (Å²) < 4.78 is 19.3. The number of hydrogen-bond acceptors (Lipinski definition) is 6. The lowest BCUT2D eigenvalue weighted by Gasteiger charge is -2.28. The summed E-state index contributed by atoms with van der Waals surface area (Å²) in [5.41, 5.74) is -0.964. The molecule has 0 fully saturated rings. The molecule has 0 unspecified atom stereocenters. The van der Waals surface area contributed by atoms with Gasteiger partial charge >= 0.3 is 5.69 Å². The van der Waals surface area contributed by atoms with Crippen molar-refractivity contribution in [1.29, 1.82) is 0 Å². The molecule has 0 atom stereocenters. The monoisotopic (exact) mass is 486 g/mol. The number of nitrogens with zero attached hydrogens (tertiary/aromatic N) is 4. The second kappa shape index (κ2) is 11.1. The van der Waals surface area contributed by atoms with E-state index in [0.29, 0.717) is 39.4 Å². The highest BCUT2D eigenvalue weighted by atomic mass is 32.1. The molecule has 0 amide bonds. The zero-order valence-electron chi connectivity index (χ0n) is 20.1. The molecule has 2 rings (SSSR count). The minimum atomic E-state index is -0.551. The van der Waals surface area contributed by atoms with Gasteiger partial charge in [-0.3, -0.25) is 9.13 Å². The number of aromatic nitrogens is 4. The van der Waals surface area contributed by atoms with Crippen LogP contribution in [0.2, 0.25) is 0 Å². The number of aromatic hydroxyl groups is 1. The van der Waals surface area contributed by atoms with Crippen molar-refractivity contribution in [2.24, 2.45) is 0 Å². The van der Waals surface area contributed by atoms with Gasteiger partial charge in [-0.05, 0) is 66.6 Å². The lowest BCUT2D eigenvalue weighted by Crippen LogP contribution is -2.37. The molecule has 0 aliphatic heterocycles. The summed E-state index contributed by atoms with van der Waals surface area (Å²) in [6.07, 6.45) is 4.83. The van der Waals surface area contributed by atoms with Gasteiger partial charge in [0.2, 0.25) is 5.88 Å². The number of imidazole rings is 2. The van der Waals surface area contributed by atoms with Crippen molar-refractivity contribution < 1.29 is 14.6 Å². The minimum absolute atomic E-state index is 0.0217. The van der Waals surface area contributed by atoms with Gasteiger partial charge in [0.1, 0.15) is 0 Å². The third-order valence-corrected chi connectivity index (χ3v) is 6.59. The summed E-state index contributed by atoms with van der Waals surface area (Å²) in [7, 11) is 0. The maximum atomic E-state index is 12.4. The molecule has 0 spiro atoms. The van der Waals surface area contributed by atoms with Crippen molar-refractivity contribution in [2.45, 2.75) is 83.6 Å². The van der Waals surface area contributed by atoms with Gasteiger partial charge in [-0.25, -0.2) is 4.79 Å². The van der Waals surface area contributed by atoms with E-state index in [2.05, 4.69) is 38.0 Å². The van der Waals surface area contributed by atoms with Crippen LogP contribution >= 0.6 is 24.8 Å². The fourth-order valence-corrected chi connectivity index (χ4v) is 4.84. The molecule has 0 aliphatic carbocycles. The molecule has 2 aromatic heterocycles. The minimum Gasteiger partial charge on any atom is -0.493 e. The van der Waals surface area contributed by atoms with Crippen molar-refractivity contribution in [1.82, 2.24) is 18.3 Å². The van der Waals surface area contributed by atoms with Gasteiger partial charge in [0.05, 0.1) is 24.4 Å². The first-order valence-electron chi connectivity index (χ1n) is 11.1. The van der Waals surface area contributed by atoms with Crippen LogP contribution in [0, 0.1) is 4.77 Å². The van der Waals surface area contributed by atoms with Gasteiger partial charge in [-0.1, -0.05) is 0 Å². The lowest BCUT2D eigenvalue weighted by molar-refractivity contribution is 0.0291. The van der Waals surface area contributed by atoms with Crippen LogP contribution in [0.15, 0.2) is 22.2 Å². The quantitative estimate of drug-likeness (QED) is 0.254. The number of aryl methyl sites for hydroxylation is 2. The van der Waals surface area contributed by atoms with E-state index in [9.17, 15) is 9.90 Å². The van der Waals surface area contributed by atoms with Crippen LogP contribution in [0.4, 0.5) is 0 Å². The van der Waals surface area contributed by atoms with Crippen LogP contribution in [0.1, 0.15) is 54.4 Å². The third-order valence-electron chi connectivity index (χ3n) is 5.86. The Morgan fingerprint density at radius 2 is 1.41 bits per heavy atom. The van der Waals surface area contributed by atoms with Crippen molar-refractivity contribution in [2.75, 3.05) is 26.4 Å². The van der Waals surface area contributed by atoms with Crippen molar-refractivity contribution in [3.8, 4) is 5.88 Å². The first kappa shape index (κ1) is 26.8. The molecule has 182 valence electrons. The average Bonchev–Trinajstić information content (AvgIpc) is 3.18. The smallest absolute Gasteiger partial charge is 0.331 e. The fourth-order valence-electron chi connectivity index (χ4n) is 3.74. The molecule has 2 heterocycles. The summed E-state index contributed by atoms with van der Waals surface area (Å²) in [6.45, 7) is 15.4. The van der Waals surface area contributed by atoms with Crippen molar-refractivity contribution in [3.63, 3.8) is 0 Å². The van der Waals surface area contributed by atoms with Crippen LogP contribution in [0.5, 0.6) is 5.88 Å². The maximum absolute atomic E-state index is 12.4. The molecular formula is C22H38N4O4S2. The third kappa shape index (κ3) is 6.09. The summed E-state index contributed by atoms with van der Waals surface area (Å²) in [5, 5.41) is 11.0. The largest absolute Gasteiger partial charge is 0.493 e. The normalized spacial score (nSPS) is 12.6. The van der Waals surface area contributed by atoms with Gasteiger partial charge in [-0.15, -0.1) is 12.6 Å². The van der Waals surface area contributed by atoms with Crippen LogP contribution in [0.25, 0.3) is 0 Å². The molecule has 0 aromatic carbocycles. The van der Waals surface area contributed by atoms with E-state index >= 15 is 0 Å².